The van der Waals surface area contributed by atoms with Crippen LogP contribution in [0, 0.1) is 0 Å². The second kappa shape index (κ2) is 6.64. The molecular formula is C18H22OS. The summed E-state index contributed by atoms with van der Waals surface area (Å²) in [5, 5.41) is 13.6. The van der Waals surface area contributed by atoms with E-state index in [1.807, 2.05) is 11.8 Å². The van der Waals surface area contributed by atoms with Gasteiger partial charge in [0, 0.05) is 11.0 Å². The van der Waals surface area contributed by atoms with E-state index < -0.39 is 0 Å². The summed E-state index contributed by atoms with van der Waals surface area (Å²) in [6.45, 7) is 0. The minimum atomic E-state index is -0.230. The van der Waals surface area contributed by atoms with Crippen LogP contribution in [0.4, 0.5) is 0 Å². The van der Waals surface area contributed by atoms with Crippen LogP contribution >= 0.6 is 11.8 Å². The Hall–Kier alpha value is -0.990. The molecule has 106 valence electrons. The summed E-state index contributed by atoms with van der Waals surface area (Å²) in [6.07, 6.45) is 5.96. The fourth-order valence-corrected chi connectivity index (χ4v) is 4.36. The Kier molecular flexibility index (Phi) is 4.64. The highest BCUT2D eigenvalue weighted by Gasteiger charge is 2.17. The average molecular weight is 286 g/mol. The molecule has 1 atom stereocenters. The SMILES string of the molecule is OC(CSC1CCCC1)Cc1cccc2ccccc12. The van der Waals surface area contributed by atoms with Gasteiger partial charge in [0.05, 0.1) is 6.10 Å². The number of aliphatic hydroxyl groups excluding tert-OH is 1. The van der Waals surface area contributed by atoms with Crippen molar-refractivity contribution in [1.29, 1.82) is 0 Å². The molecule has 20 heavy (non-hydrogen) atoms. The van der Waals surface area contributed by atoms with E-state index in [-0.39, 0.29) is 6.10 Å². The van der Waals surface area contributed by atoms with E-state index in [0.29, 0.717) is 0 Å². The first kappa shape index (κ1) is 14.0. The number of benzene rings is 2. The quantitative estimate of drug-likeness (QED) is 0.878. The van der Waals surface area contributed by atoms with Gasteiger partial charge in [-0.2, -0.15) is 11.8 Å². The van der Waals surface area contributed by atoms with Crippen LogP contribution in [-0.2, 0) is 6.42 Å². The fourth-order valence-electron chi connectivity index (χ4n) is 3.09. The predicted molar refractivity (Wildman–Crippen MR) is 88.4 cm³/mol. The second-order valence-corrected chi connectivity index (χ2v) is 7.07. The molecule has 2 heteroatoms. The molecule has 2 aromatic carbocycles. The van der Waals surface area contributed by atoms with Gasteiger partial charge in [0.2, 0.25) is 0 Å². The smallest absolute Gasteiger partial charge is 0.0671 e. The summed E-state index contributed by atoms with van der Waals surface area (Å²) in [5.41, 5.74) is 1.27. The third-order valence-electron chi connectivity index (χ3n) is 4.16. The molecular weight excluding hydrogens is 264 g/mol. The molecule has 0 amide bonds. The molecule has 1 aliphatic rings. The van der Waals surface area contributed by atoms with Gasteiger partial charge in [-0.25, -0.2) is 0 Å². The molecule has 2 aromatic rings. The van der Waals surface area contributed by atoms with E-state index in [0.717, 1.165) is 17.4 Å². The Labute approximate surface area is 125 Å². The van der Waals surface area contributed by atoms with Gasteiger partial charge in [0.25, 0.3) is 0 Å². The Morgan fingerprint density at radius 1 is 1.05 bits per heavy atom. The standard InChI is InChI=1S/C18H22OS/c19-16(13-20-17-9-2-3-10-17)12-15-8-5-7-14-6-1-4-11-18(14)15/h1,4-8,11,16-17,19H,2-3,9-10,12-13H2. The molecule has 0 bridgehead atoms. The van der Waals surface area contributed by atoms with Crippen LogP contribution in [0.5, 0.6) is 0 Å². The van der Waals surface area contributed by atoms with Gasteiger partial charge in [-0.1, -0.05) is 55.3 Å². The van der Waals surface area contributed by atoms with Gasteiger partial charge >= 0.3 is 0 Å². The molecule has 0 aromatic heterocycles. The van der Waals surface area contributed by atoms with Crippen LogP contribution in [0.2, 0.25) is 0 Å². The van der Waals surface area contributed by atoms with Crippen molar-refractivity contribution in [3.05, 3.63) is 48.0 Å². The summed E-state index contributed by atoms with van der Waals surface area (Å²) in [4.78, 5) is 0. The van der Waals surface area contributed by atoms with Crippen molar-refractivity contribution in [1.82, 2.24) is 0 Å². The lowest BCUT2D eigenvalue weighted by Gasteiger charge is -2.15. The van der Waals surface area contributed by atoms with Crippen LogP contribution in [0.3, 0.4) is 0 Å². The van der Waals surface area contributed by atoms with Gasteiger partial charge in [0.1, 0.15) is 0 Å². The van der Waals surface area contributed by atoms with Crippen LogP contribution in [0.15, 0.2) is 42.5 Å². The maximum Gasteiger partial charge on any atom is 0.0671 e. The number of fused-ring (bicyclic) bond motifs is 1. The molecule has 1 fully saturated rings. The normalized spacial score (nSPS) is 17.6. The minimum absolute atomic E-state index is 0.230. The van der Waals surface area contributed by atoms with Crippen molar-refractivity contribution < 1.29 is 5.11 Å². The zero-order valence-corrected chi connectivity index (χ0v) is 12.6. The maximum absolute atomic E-state index is 10.3. The third-order valence-corrected chi connectivity index (χ3v) is 5.68. The monoisotopic (exact) mass is 286 g/mol. The first-order chi connectivity index (χ1) is 9.83. The van der Waals surface area contributed by atoms with Crippen molar-refractivity contribution in [2.24, 2.45) is 0 Å². The maximum atomic E-state index is 10.3. The third kappa shape index (κ3) is 3.36. The molecule has 0 aliphatic heterocycles. The Morgan fingerprint density at radius 3 is 2.65 bits per heavy atom. The summed E-state index contributed by atoms with van der Waals surface area (Å²) in [5.74, 6) is 0.869. The number of rotatable bonds is 5. The molecule has 3 rings (SSSR count). The highest BCUT2D eigenvalue weighted by Crippen LogP contribution is 2.30. The highest BCUT2D eigenvalue weighted by molar-refractivity contribution is 7.99. The first-order valence-electron chi connectivity index (χ1n) is 7.59. The van der Waals surface area contributed by atoms with Crippen molar-refractivity contribution in [2.75, 3.05) is 5.75 Å². The zero-order chi connectivity index (χ0) is 13.8. The van der Waals surface area contributed by atoms with Gasteiger partial charge in [0.15, 0.2) is 0 Å². The van der Waals surface area contributed by atoms with Gasteiger partial charge in [-0.05, 0) is 35.6 Å². The lowest BCUT2D eigenvalue weighted by atomic mass is 10.0. The van der Waals surface area contributed by atoms with E-state index >= 15 is 0 Å². The van der Waals surface area contributed by atoms with Crippen LogP contribution in [0.1, 0.15) is 31.2 Å². The first-order valence-corrected chi connectivity index (χ1v) is 8.64. The molecule has 1 saturated carbocycles. The molecule has 0 saturated heterocycles. The molecule has 1 unspecified atom stereocenters. The lowest BCUT2D eigenvalue weighted by Crippen LogP contribution is -2.15. The van der Waals surface area contributed by atoms with Crippen LogP contribution < -0.4 is 0 Å². The highest BCUT2D eigenvalue weighted by atomic mass is 32.2. The lowest BCUT2D eigenvalue weighted by molar-refractivity contribution is 0.200. The number of aliphatic hydroxyl groups is 1. The van der Waals surface area contributed by atoms with Crippen molar-refractivity contribution >= 4 is 22.5 Å². The van der Waals surface area contributed by atoms with Gasteiger partial charge in [-0.15, -0.1) is 0 Å². The molecule has 0 radical (unpaired) electrons. The number of hydrogen-bond acceptors (Lipinski definition) is 2. The zero-order valence-electron chi connectivity index (χ0n) is 11.8. The van der Waals surface area contributed by atoms with E-state index in [1.165, 1.54) is 42.0 Å². The fraction of sp³-hybridized carbons (Fsp3) is 0.444. The van der Waals surface area contributed by atoms with E-state index in [4.69, 9.17) is 0 Å². The molecule has 1 N–H and O–H groups in total. The minimum Gasteiger partial charge on any atom is -0.392 e. The van der Waals surface area contributed by atoms with Gasteiger partial charge < -0.3 is 5.11 Å². The second-order valence-electron chi connectivity index (χ2n) is 5.74. The Balaban J connectivity index is 1.63. The van der Waals surface area contributed by atoms with Crippen molar-refractivity contribution in [3.63, 3.8) is 0 Å². The van der Waals surface area contributed by atoms with Crippen molar-refractivity contribution in [3.8, 4) is 0 Å². The Bertz CT molecular complexity index is 555. The van der Waals surface area contributed by atoms with E-state index in [1.54, 1.807) is 0 Å². The summed E-state index contributed by atoms with van der Waals surface area (Å²) in [6, 6.07) is 14.8. The molecule has 1 nitrogen and oxygen atoms in total. The van der Waals surface area contributed by atoms with E-state index in [2.05, 4.69) is 42.5 Å². The molecule has 0 heterocycles. The van der Waals surface area contributed by atoms with Crippen LogP contribution in [0.25, 0.3) is 10.8 Å². The average Bonchev–Trinajstić information content (AvgIpc) is 2.99. The predicted octanol–water partition coefficient (Wildman–Crippen LogP) is 4.42. The largest absolute Gasteiger partial charge is 0.392 e. The Morgan fingerprint density at radius 2 is 1.80 bits per heavy atom. The number of hydrogen-bond donors (Lipinski definition) is 1. The van der Waals surface area contributed by atoms with Crippen LogP contribution in [-0.4, -0.2) is 22.2 Å². The summed E-state index contributed by atoms with van der Waals surface area (Å²) < 4.78 is 0. The molecule has 1 aliphatic carbocycles. The summed E-state index contributed by atoms with van der Waals surface area (Å²) >= 11 is 1.97. The van der Waals surface area contributed by atoms with Gasteiger partial charge in [-0.3, -0.25) is 0 Å². The number of thioether (sulfide) groups is 1. The molecule has 0 spiro atoms. The van der Waals surface area contributed by atoms with Crippen molar-refractivity contribution in [2.45, 2.75) is 43.5 Å². The van der Waals surface area contributed by atoms with E-state index in [9.17, 15) is 5.11 Å². The summed E-state index contributed by atoms with van der Waals surface area (Å²) in [7, 11) is 0. The topological polar surface area (TPSA) is 20.2 Å².